The molecule has 0 aliphatic rings. The van der Waals surface area contributed by atoms with Gasteiger partial charge in [0.1, 0.15) is 17.3 Å². The summed E-state index contributed by atoms with van der Waals surface area (Å²) in [6.07, 6.45) is -2.11. The molecule has 0 spiro atoms. The Hall–Kier alpha value is -3.06. The molecule has 28 heavy (non-hydrogen) atoms. The van der Waals surface area contributed by atoms with Gasteiger partial charge in [-0.1, -0.05) is 5.21 Å². The van der Waals surface area contributed by atoms with Gasteiger partial charge in [0.25, 0.3) is 0 Å². The first-order valence-corrected chi connectivity index (χ1v) is 9.41. The van der Waals surface area contributed by atoms with Gasteiger partial charge in [-0.3, -0.25) is 0 Å². The second-order valence-corrected chi connectivity index (χ2v) is 7.49. The van der Waals surface area contributed by atoms with Gasteiger partial charge in [0, 0.05) is 6.20 Å². The minimum atomic E-state index is -4.49. The van der Waals surface area contributed by atoms with Crippen molar-refractivity contribution in [3.63, 3.8) is 0 Å². The Morgan fingerprint density at radius 1 is 1.18 bits per heavy atom. The van der Waals surface area contributed by atoms with Gasteiger partial charge in [-0.15, -0.1) is 5.10 Å². The molecular formula is C15H14F3N7O2S. The Labute approximate surface area is 157 Å². The maximum Gasteiger partial charge on any atom is 0.416 e. The molecule has 0 aromatic carbocycles. The summed E-state index contributed by atoms with van der Waals surface area (Å²) >= 11 is 0. The van der Waals surface area contributed by atoms with Crippen LogP contribution in [0.5, 0.6) is 0 Å². The second-order valence-electron chi connectivity index (χ2n) is 5.90. The average molecular weight is 413 g/mol. The molecule has 0 bridgehead atoms. The van der Waals surface area contributed by atoms with E-state index < -0.39 is 27.6 Å². The van der Waals surface area contributed by atoms with Crippen molar-refractivity contribution in [3.8, 4) is 11.4 Å². The van der Waals surface area contributed by atoms with Crippen LogP contribution in [-0.4, -0.2) is 33.4 Å². The molecule has 0 unspecified atom stereocenters. The molecule has 0 aliphatic heterocycles. The summed E-state index contributed by atoms with van der Waals surface area (Å²) < 4.78 is 61.8. The number of alkyl halides is 3. The van der Waals surface area contributed by atoms with Crippen LogP contribution in [0.4, 0.5) is 24.8 Å². The van der Waals surface area contributed by atoms with Crippen molar-refractivity contribution in [2.24, 2.45) is 5.14 Å². The fraction of sp³-hybridized carbons (Fsp3) is 0.200. The predicted octanol–water partition coefficient (Wildman–Crippen LogP) is 2.05. The number of nitrogens with two attached hydrogens (primary N) is 1. The highest BCUT2D eigenvalue weighted by Gasteiger charge is 2.30. The first-order valence-electron chi connectivity index (χ1n) is 7.69. The van der Waals surface area contributed by atoms with Crippen molar-refractivity contribution in [2.45, 2.75) is 19.0 Å². The third kappa shape index (κ3) is 5.01. The summed E-state index contributed by atoms with van der Waals surface area (Å²) in [5, 5.41) is 15.2. The van der Waals surface area contributed by atoms with Crippen molar-refractivity contribution in [2.75, 3.05) is 5.32 Å². The lowest BCUT2D eigenvalue weighted by atomic mass is 10.2. The number of rotatable bonds is 5. The van der Waals surface area contributed by atoms with Gasteiger partial charge in [-0.25, -0.2) is 28.2 Å². The number of aromatic nitrogens is 5. The molecule has 0 amide bonds. The van der Waals surface area contributed by atoms with E-state index >= 15 is 0 Å². The Morgan fingerprint density at radius 3 is 2.61 bits per heavy atom. The quantitative estimate of drug-likeness (QED) is 0.655. The van der Waals surface area contributed by atoms with Gasteiger partial charge in [0.15, 0.2) is 5.88 Å². The number of pyridine rings is 2. The second kappa shape index (κ2) is 7.16. The third-order valence-corrected chi connectivity index (χ3v) is 4.05. The molecule has 3 N–H and O–H groups in total. The molecule has 0 saturated heterocycles. The highest BCUT2D eigenvalue weighted by atomic mass is 32.2. The molecule has 3 aromatic rings. The molecule has 0 atom stereocenters. The van der Waals surface area contributed by atoms with Crippen molar-refractivity contribution in [1.29, 1.82) is 0 Å². The number of halogens is 3. The Bertz CT molecular complexity index is 1110. The fourth-order valence-corrected chi connectivity index (χ4v) is 2.83. The van der Waals surface area contributed by atoms with Gasteiger partial charge in [-0.2, -0.15) is 13.2 Å². The van der Waals surface area contributed by atoms with E-state index in [9.17, 15) is 21.6 Å². The summed E-state index contributed by atoms with van der Waals surface area (Å²) in [5.41, 5.74) is 0.506. The molecular weight excluding hydrogens is 399 g/mol. The van der Waals surface area contributed by atoms with Crippen LogP contribution in [0, 0.1) is 6.92 Å². The van der Waals surface area contributed by atoms with Crippen LogP contribution >= 0.6 is 0 Å². The van der Waals surface area contributed by atoms with Crippen LogP contribution < -0.4 is 10.5 Å². The lowest BCUT2D eigenvalue weighted by Gasteiger charge is -2.10. The minimum absolute atomic E-state index is 0.0308. The van der Waals surface area contributed by atoms with E-state index in [1.165, 1.54) is 6.20 Å². The maximum absolute atomic E-state index is 12.8. The number of primary sulfonamides is 1. The van der Waals surface area contributed by atoms with E-state index in [4.69, 9.17) is 5.14 Å². The third-order valence-electron chi connectivity index (χ3n) is 3.43. The molecule has 0 fully saturated rings. The maximum atomic E-state index is 12.8. The number of aryl methyl sites for hydroxylation is 1. The van der Waals surface area contributed by atoms with Gasteiger partial charge >= 0.3 is 6.18 Å². The van der Waals surface area contributed by atoms with Crippen LogP contribution in [0.1, 0.15) is 11.1 Å². The van der Waals surface area contributed by atoms with Crippen molar-refractivity contribution in [1.82, 2.24) is 25.0 Å². The van der Waals surface area contributed by atoms with Crippen molar-refractivity contribution in [3.05, 3.63) is 47.8 Å². The van der Waals surface area contributed by atoms with Crippen LogP contribution in [0.15, 0.2) is 36.7 Å². The van der Waals surface area contributed by atoms with E-state index in [1.807, 2.05) is 0 Å². The predicted molar refractivity (Wildman–Crippen MR) is 93.6 cm³/mol. The number of hydrogen-bond acceptors (Lipinski definition) is 7. The Morgan fingerprint density at radius 2 is 1.93 bits per heavy atom. The summed E-state index contributed by atoms with van der Waals surface area (Å²) in [6.45, 7) is 1.75. The molecule has 0 aliphatic carbocycles. The number of sulfonamides is 1. The fourth-order valence-electron chi connectivity index (χ4n) is 2.33. The first kappa shape index (κ1) is 19.7. The summed E-state index contributed by atoms with van der Waals surface area (Å²) in [6, 6.07) is 5.01. The van der Waals surface area contributed by atoms with Gasteiger partial charge in [0.2, 0.25) is 10.0 Å². The van der Waals surface area contributed by atoms with Gasteiger partial charge in [-0.05, 0) is 36.8 Å². The largest absolute Gasteiger partial charge is 0.416 e. The molecule has 0 saturated carbocycles. The highest BCUT2D eigenvalue weighted by molar-refractivity contribution is 7.88. The topological polar surface area (TPSA) is 129 Å². The molecule has 9 nitrogen and oxygen atoms in total. The van der Waals surface area contributed by atoms with Gasteiger partial charge < -0.3 is 5.32 Å². The van der Waals surface area contributed by atoms with Crippen LogP contribution in [0.2, 0.25) is 0 Å². The molecule has 13 heteroatoms. The Balaban J connectivity index is 1.88. The van der Waals surface area contributed by atoms with E-state index in [0.717, 1.165) is 28.6 Å². The summed E-state index contributed by atoms with van der Waals surface area (Å²) in [5.74, 6) is -0.343. The molecule has 0 radical (unpaired) electrons. The van der Waals surface area contributed by atoms with E-state index in [1.54, 1.807) is 19.1 Å². The zero-order chi connectivity index (χ0) is 20.5. The summed E-state index contributed by atoms with van der Waals surface area (Å²) in [7, 11) is -3.79. The lowest BCUT2D eigenvalue weighted by Crippen LogP contribution is -2.19. The molecule has 3 aromatic heterocycles. The van der Waals surface area contributed by atoms with Crippen LogP contribution in [-0.2, 0) is 22.1 Å². The van der Waals surface area contributed by atoms with Gasteiger partial charge in [0.05, 0.1) is 17.5 Å². The zero-order valence-corrected chi connectivity index (χ0v) is 15.2. The number of anilines is 2. The van der Waals surface area contributed by atoms with E-state index in [0.29, 0.717) is 5.69 Å². The number of nitrogens with one attached hydrogen (secondary N) is 1. The summed E-state index contributed by atoms with van der Waals surface area (Å²) in [4.78, 5) is 8.13. The van der Waals surface area contributed by atoms with Crippen LogP contribution in [0.3, 0.4) is 0 Å². The van der Waals surface area contributed by atoms with E-state index in [-0.39, 0.29) is 17.3 Å². The molecule has 148 valence electrons. The minimum Gasteiger partial charge on any atom is -0.325 e. The standard InChI is InChI=1S/C15H14F3N7O2S/c1-9-4-11(12-7-25(24-23-12)8-28(19,26)27)21-14(5-9)22-13-6-10(2-3-20-13)15(16,17)18/h2-7H,8H2,1H3,(H2,19,26,27)(H,20,21,22). The number of nitrogens with zero attached hydrogens (tertiary/aromatic N) is 5. The Kier molecular flexibility index (Phi) is 5.04. The smallest absolute Gasteiger partial charge is 0.325 e. The average Bonchev–Trinajstić information content (AvgIpc) is 3.00. The lowest BCUT2D eigenvalue weighted by molar-refractivity contribution is -0.137. The highest BCUT2D eigenvalue weighted by Crippen LogP contribution is 2.30. The monoisotopic (exact) mass is 413 g/mol. The normalized spacial score (nSPS) is 12.2. The molecule has 3 rings (SSSR count). The SMILES string of the molecule is Cc1cc(Nc2cc(C(F)(F)F)ccn2)nc(-c2cn(CS(N)(=O)=O)nn2)c1. The van der Waals surface area contributed by atoms with Crippen molar-refractivity contribution >= 4 is 21.7 Å². The zero-order valence-electron chi connectivity index (χ0n) is 14.3. The first-order chi connectivity index (χ1) is 13.0. The van der Waals surface area contributed by atoms with E-state index in [2.05, 4.69) is 25.6 Å². The van der Waals surface area contributed by atoms with Crippen LogP contribution in [0.25, 0.3) is 11.4 Å². The number of hydrogen-bond donors (Lipinski definition) is 2. The molecule has 3 heterocycles. The van der Waals surface area contributed by atoms with Crippen molar-refractivity contribution < 1.29 is 21.6 Å².